The van der Waals surface area contributed by atoms with Crippen LogP contribution in [0.1, 0.15) is 21.5 Å². The molecule has 0 aliphatic heterocycles. The molecule has 0 saturated heterocycles. The van der Waals surface area contributed by atoms with Crippen LogP contribution in [0.3, 0.4) is 0 Å². The number of amides is 1. The van der Waals surface area contributed by atoms with Crippen molar-refractivity contribution in [2.75, 3.05) is 17.7 Å². The van der Waals surface area contributed by atoms with E-state index in [0.717, 1.165) is 5.56 Å². The molecule has 0 aliphatic carbocycles. The molecule has 6 nitrogen and oxygen atoms in total. The minimum atomic E-state index is -0.671. The number of nitrogens with one attached hydrogen (secondary N) is 1. The second-order valence-corrected chi connectivity index (χ2v) is 4.82. The van der Waals surface area contributed by atoms with Crippen molar-refractivity contribution in [3.8, 4) is 6.07 Å². The van der Waals surface area contributed by atoms with Gasteiger partial charge in [0.2, 0.25) is 0 Å². The Balaban J connectivity index is 1.98. The Kier molecular flexibility index (Phi) is 4.95. The molecule has 0 spiro atoms. The zero-order chi connectivity index (χ0) is 16.8. The number of esters is 1. The summed E-state index contributed by atoms with van der Waals surface area (Å²) in [5, 5.41) is 11.5. The van der Waals surface area contributed by atoms with Crippen molar-refractivity contribution in [2.24, 2.45) is 0 Å². The summed E-state index contributed by atoms with van der Waals surface area (Å²) in [5.74, 6) is -1.21. The smallest absolute Gasteiger partial charge is 0.340 e. The maximum atomic E-state index is 12.0. The Morgan fingerprint density at radius 2 is 1.96 bits per heavy atom. The molecule has 1 amide bonds. The number of nitrogen functional groups attached to an aromatic ring is 1. The van der Waals surface area contributed by atoms with Gasteiger partial charge in [0.1, 0.15) is 6.07 Å². The Hall–Kier alpha value is -3.33. The van der Waals surface area contributed by atoms with E-state index in [1.54, 1.807) is 43.3 Å². The molecular formula is C17H15N3O3. The summed E-state index contributed by atoms with van der Waals surface area (Å²) >= 11 is 0. The largest absolute Gasteiger partial charge is 0.452 e. The van der Waals surface area contributed by atoms with Crippen LogP contribution in [-0.2, 0) is 9.53 Å². The van der Waals surface area contributed by atoms with Gasteiger partial charge in [0, 0.05) is 5.69 Å². The number of hydrogen-bond donors (Lipinski definition) is 2. The molecule has 0 heterocycles. The number of anilines is 2. The van der Waals surface area contributed by atoms with E-state index in [1.807, 2.05) is 6.07 Å². The number of para-hydroxylation sites is 2. The third kappa shape index (κ3) is 3.86. The third-order valence-electron chi connectivity index (χ3n) is 3.20. The summed E-state index contributed by atoms with van der Waals surface area (Å²) in [5.41, 5.74) is 7.81. The maximum Gasteiger partial charge on any atom is 0.340 e. The highest BCUT2D eigenvalue weighted by Crippen LogP contribution is 2.17. The van der Waals surface area contributed by atoms with Gasteiger partial charge in [0.25, 0.3) is 5.91 Å². The van der Waals surface area contributed by atoms with E-state index in [9.17, 15) is 9.59 Å². The van der Waals surface area contributed by atoms with Crippen molar-refractivity contribution in [3.63, 3.8) is 0 Å². The quantitative estimate of drug-likeness (QED) is 0.665. The van der Waals surface area contributed by atoms with E-state index in [1.165, 1.54) is 6.07 Å². The maximum absolute atomic E-state index is 12.0. The van der Waals surface area contributed by atoms with Crippen LogP contribution in [0.15, 0.2) is 42.5 Å². The van der Waals surface area contributed by atoms with Gasteiger partial charge in [-0.05, 0) is 30.7 Å². The molecule has 3 N–H and O–H groups in total. The molecule has 0 unspecified atom stereocenters. The van der Waals surface area contributed by atoms with Gasteiger partial charge in [0.05, 0.1) is 16.8 Å². The molecule has 0 bridgehead atoms. The molecule has 0 radical (unpaired) electrons. The van der Waals surface area contributed by atoms with Gasteiger partial charge >= 0.3 is 5.97 Å². The molecule has 116 valence electrons. The van der Waals surface area contributed by atoms with Gasteiger partial charge in [-0.25, -0.2) is 4.79 Å². The van der Waals surface area contributed by atoms with Gasteiger partial charge in [0.15, 0.2) is 6.61 Å². The van der Waals surface area contributed by atoms with Crippen molar-refractivity contribution in [1.82, 2.24) is 0 Å². The highest BCUT2D eigenvalue weighted by atomic mass is 16.5. The van der Waals surface area contributed by atoms with Crippen LogP contribution >= 0.6 is 0 Å². The van der Waals surface area contributed by atoms with Crippen LogP contribution in [0, 0.1) is 18.3 Å². The van der Waals surface area contributed by atoms with Gasteiger partial charge in [-0.3, -0.25) is 4.79 Å². The molecular weight excluding hydrogens is 294 g/mol. The van der Waals surface area contributed by atoms with Crippen molar-refractivity contribution in [3.05, 3.63) is 59.2 Å². The van der Waals surface area contributed by atoms with E-state index in [0.29, 0.717) is 16.9 Å². The second-order valence-electron chi connectivity index (χ2n) is 4.82. The fraction of sp³-hybridized carbons (Fsp3) is 0.118. The molecule has 6 heteroatoms. The molecule has 2 aromatic carbocycles. The molecule has 0 aliphatic rings. The average molecular weight is 309 g/mol. The van der Waals surface area contributed by atoms with Crippen LogP contribution in [0.4, 0.5) is 11.4 Å². The zero-order valence-corrected chi connectivity index (χ0v) is 12.5. The minimum absolute atomic E-state index is 0.218. The number of hydrogen-bond acceptors (Lipinski definition) is 5. The summed E-state index contributed by atoms with van der Waals surface area (Å²) in [6.45, 7) is 1.31. The number of carbonyl (C=O) groups is 2. The summed E-state index contributed by atoms with van der Waals surface area (Å²) in [6, 6.07) is 13.5. The number of aryl methyl sites for hydroxylation is 1. The number of benzene rings is 2. The second kappa shape index (κ2) is 7.09. The van der Waals surface area contributed by atoms with E-state index >= 15 is 0 Å². The lowest BCUT2D eigenvalue weighted by Gasteiger charge is -2.09. The number of rotatable bonds is 4. The summed E-state index contributed by atoms with van der Waals surface area (Å²) < 4.78 is 4.96. The van der Waals surface area contributed by atoms with Gasteiger partial charge in [-0.15, -0.1) is 0 Å². The Bertz CT molecular complexity index is 794. The lowest BCUT2D eigenvalue weighted by Crippen LogP contribution is -2.21. The molecule has 0 fully saturated rings. The first-order chi connectivity index (χ1) is 11.0. The van der Waals surface area contributed by atoms with Crippen molar-refractivity contribution in [1.29, 1.82) is 5.26 Å². The number of carbonyl (C=O) groups excluding carboxylic acids is 2. The molecule has 0 atom stereocenters. The lowest BCUT2D eigenvalue weighted by atomic mass is 10.1. The van der Waals surface area contributed by atoms with E-state index in [4.69, 9.17) is 15.7 Å². The third-order valence-corrected chi connectivity index (χ3v) is 3.20. The number of ether oxygens (including phenoxy) is 1. The standard InChI is InChI=1S/C17H15N3O3/c1-11-5-4-7-13(16(11)19)17(22)23-10-15(21)20-14-8-3-2-6-12(14)9-18/h2-8H,10,19H2,1H3,(H,20,21). The van der Waals surface area contributed by atoms with Gasteiger partial charge < -0.3 is 15.8 Å². The van der Waals surface area contributed by atoms with Crippen molar-refractivity contribution >= 4 is 23.3 Å². The zero-order valence-electron chi connectivity index (χ0n) is 12.5. The van der Waals surface area contributed by atoms with Crippen molar-refractivity contribution < 1.29 is 14.3 Å². The predicted octanol–water partition coefficient (Wildman–Crippen LogP) is 2.24. The highest BCUT2D eigenvalue weighted by Gasteiger charge is 2.14. The number of nitriles is 1. The summed E-state index contributed by atoms with van der Waals surface area (Å²) in [4.78, 5) is 23.8. The molecule has 0 saturated carbocycles. The lowest BCUT2D eigenvalue weighted by molar-refractivity contribution is -0.119. The topological polar surface area (TPSA) is 105 Å². The fourth-order valence-corrected chi connectivity index (χ4v) is 1.94. The summed E-state index contributed by atoms with van der Waals surface area (Å²) in [7, 11) is 0. The van der Waals surface area contributed by atoms with E-state index in [-0.39, 0.29) is 5.56 Å². The number of nitrogens with two attached hydrogens (primary N) is 1. The average Bonchev–Trinajstić information content (AvgIpc) is 2.55. The van der Waals surface area contributed by atoms with E-state index < -0.39 is 18.5 Å². The monoisotopic (exact) mass is 309 g/mol. The van der Waals surface area contributed by atoms with Gasteiger partial charge in [-0.1, -0.05) is 24.3 Å². The molecule has 2 aromatic rings. The van der Waals surface area contributed by atoms with Crippen LogP contribution < -0.4 is 11.1 Å². The minimum Gasteiger partial charge on any atom is -0.452 e. The number of nitrogens with zero attached hydrogens (tertiary/aromatic N) is 1. The van der Waals surface area contributed by atoms with Crippen molar-refractivity contribution in [2.45, 2.75) is 6.92 Å². The first-order valence-electron chi connectivity index (χ1n) is 6.84. The van der Waals surface area contributed by atoms with Crippen LogP contribution in [0.25, 0.3) is 0 Å². The Labute approximate surface area is 133 Å². The highest BCUT2D eigenvalue weighted by molar-refractivity contribution is 5.98. The van der Waals surface area contributed by atoms with Crippen LogP contribution in [0.5, 0.6) is 0 Å². The molecule has 2 rings (SSSR count). The molecule has 23 heavy (non-hydrogen) atoms. The molecule has 0 aromatic heterocycles. The SMILES string of the molecule is Cc1cccc(C(=O)OCC(=O)Nc2ccccc2C#N)c1N. The fourth-order valence-electron chi connectivity index (χ4n) is 1.94. The summed E-state index contributed by atoms with van der Waals surface area (Å²) in [6.07, 6.45) is 0. The predicted molar refractivity (Wildman–Crippen MR) is 85.7 cm³/mol. The normalized spacial score (nSPS) is 9.74. The van der Waals surface area contributed by atoms with Crippen LogP contribution in [-0.4, -0.2) is 18.5 Å². The van der Waals surface area contributed by atoms with Crippen LogP contribution in [0.2, 0.25) is 0 Å². The Morgan fingerprint density at radius 1 is 1.22 bits per heavy atom. The van der Waals surface area contributed by atoms with Gasteiger partial charge in [-0.2, -0.15) is 5.26 Å². The first kappa shape index (κ1) is 16.0. The Morgan fingerprint density at radius 3 is 2.70 bits per heavy atom. The first-order valence-corrected chi connectivity index (χ1v) is 6.84. The van der Waals surface area contributed by atoms with E-state index in [2.05, 4.69) is 5.32 Å².